The predicted molar refractivity (Wildman–Crippen MR) is 106 cm³/mol. The molecule has 1 aromatic carbocycles. The number of methoxy groups -OCH3 is 1. The van der Waals surface area contributed by atoms with Crippen LogP contribution in [0, 0.1) is 0 Å². The molecule has 0 amide bonds. The Morgan fingerprint density at radius 1 is 1.18 bits per heavy atom. The fraction of sp³-hybridized carbons (Fsp3) is 0.238. The molecule has 28 heavy (non-hydrogen) atoms. The van der Waals surface area contributed by atoms with Crippen molar-refractivity contribution in [2.75, 3.05) is 25.6 Å². The Labute approximate surface area is 163 Å². The first kappa shape index (κ1) is 19.3. The number of nitrogens with zero attached hydrogens (tertiary/aromatic N) is 3. The van der Waals surface area contributed by atoms with Crippen LogP contribution < -0.4 is 10.1 Å². The van der Waals surface area contributed by atoms with Crippen LogP contribution in [0.2, 0.25) is 0 Å². The van der Waals surface area contributed by atoms with E-state index in [-0.39, 0.29) is 6.61 Å². The zero-order valence-corrected chi connectivity index (χ0v) is 15.9. The van der Waals surface area contributed by atoms with E-state index in [2.05, 4.69) is 20.3 Å². The molecule has 3 rings (SSSR count). The maximum absolute atomic E-state index is 12.3. The average Bonchev–Trinajstić information content (AvgIpc) is 2.74. The molecule has 144 valence electrons. The number of rotatable bonds is 8. The quantitative estimate of drug-likeness (QED) is 0.601. The van der Waals surface area contributed by atoms with Gasteiger partial charge < -0.3 is 14.8 Å². The fourth-order valence-corrected chi connectivity index (χ4v) is 2.67. The van der Waals surface area contributed by atoms with Crippen molar-refractivity contribution in [3.63, 3.8) is 0 Å². The summed E-state index contributed by atoms with van der Waals surface area (Å²) in [4.78, 5) is 25.1. The molecule has 0 spiro atoms. The second-order valence-electron chi connectivity index (χ2n) is 5.94. The minimum absolute atomic E-state index is 0.286. The molecule has 0 saturated carbocycles. The van der Waals surface area contributed by atoms with Gasteiger partial charge in [0.15, 0.2) is 5.82 Å². The van der Waals surface area contributed by atoms with Crippen LogP contribution in [0.25, 0.3) is 11.4 Å². The van der Waals surface area contributed by atoms with E-state index < -0.39 is 5.97 Å². The molecule has 0 unspecified atom stereocenters. The van der Waals surface area contributed by atoms with Crippen molar-refractivity contribution in [3.8, 4) is 17.1 Å². The van der Waals surface area contributed by atoms with Crippen molar-refractivity contribution < 1.29 is 14.3 Å². The summed E-state index contributed by atoms with van der Waals surface area (Å²) in [5.41, 5.74) is 2.25. The summed E-state index contributed by atoms with van der Waals surface area (Å²) in [5.74, 6) is 1.32. The lowest BCUT2D eigenvalue weighted by Crippen LogP contribution is -2.14. The highest BCUT2D eigenvalue weighted by Crippen LogP contribution is 2.20. The van der Waals surface area contributed by atoms with Gasteiger partial charge in [-0.15, -0.1) is 0 Å². The van der Waals surface area contributed by atoms with Gasteiger partial charge in [-0.1, -0.05) is 12.1 Å². The largest absolute Gasteiger partial charge is 0.497 e. The van der Waals surface area contributed by atoms with E-state index in [0.717, 1.165) is 23.3 Å². The van der Waals surface area contributed by atoms with E-state index in [4.69, 9.17) is 9.47 Å². The molecule has 0 aliphatic rings. The van der Waals surface area contributed by atoms with Crippen LogP contribution in [0.15, 0.2) is 55.0 Å². The topological polar surface area (TPSA) is 86.2 Å². The third-order valence-corrected chi connectivity index (χ3v) is 4.06. The van der Waals surface area contributed by atoms with E-state index in [1.54, 1.807) is 26.4 Å². The Morgan fingerprint density at radius 3 is 2.75 bits per heavy atom. The number of nitrogens with one attached hydrogen (secondary N) is 1. The first-order valence-electron chi connectivity index (χ1n) is 9.02. The number of carbonyl (C=O) groups is 1. The minimum Gasteiger partial charge on any atom is -0.497 e. The molecule has 7 heteroatoms. The van der Waals surface area contributed by atoms with Crippen LogP contribution in [0.1, 0.15) is 22.8 Å². The van der Waals surface area contributed by atoms with Crippen molar-refractivity contribution in [1.82, 2.24) is 15.0 Å². The minimum atomic E-state index is -0.451. The van der Waals surface area contributed by atoms with Gasteiger partial charge in [0.05, 0.1) is 13.7 Å². The lowest BCUT2D eigenvalue weighted by Gasteiger charge is -2.12. The molecule has 0 aliphatic carbocycles. The van der Waals surface area contributed by atoms with E-state index >= 15 is 0 Å². The molecule has 2 heterocycles. The summed E-state index contributed by atoms with van der Waals surface area (Å²) in [6, 6.07) is 11.5. The van der Waals surface area contributed by atoms with Gasteiger partial charge >= 0.3 is 5.97 Å². The number of aromatic nitrogens is 3. The second kappa shape index (κ2) is 9.45. The van der Waals surface area contributed by atoms with Gasteiger partial charge in [-0.2, -0.15) is 0 Å². The van der Waals surface area contributed by atoms with E-state index in [0.29, 0.717) is 23.8 Å². The van der Waals surface area contributed by atoms with Crippen LogP contribution in [0.3, 0.4) is 0 Å². The zero-order chi connectivity index (χ0) is 19.8. The smallest absolute Gasteiger partial charge is 0.343 e. The molecule has 0 radical (unpaired) electrons. The van der Waals surface area contributed by atoms with Crippen molar-refractivity contribution in [2.45, 2.75) is 13.3 Å². The summed E-state index contributed by atoms with van der Waals surface area (Å²) in [6.45, 7) is 2.64. The van der Waals surface area contributed by atoms with Crippen LogP contribution in [-0.2, 0) is 11.2 Å². The average molecular weight is 378 g/mol. The van der Waals surface area contributed by atoms with Crippen LogP contribution in [0.5, 0.6) is 5.75 Å². The molecule has 0 bridgehead atoms. The fourth-order valence-electron chi connectivity index (χ4n) is 2.67. The Hall–Kier alpha value is -3.48. The zero-order valence-electron chi connectivity index (χ0n) is 15.9. The van der Waals surface area contributed by atoms with Gasteiger partial charge in [-0.3, -0.25) is 4.98 Å². The summed E-state index contributed by atoms with van der Waals surface area (Å²) in [6.07, 6.45) is 5.59. The highest BCUT2D eigenvalue weighted by Gasteiger charge is 2.16. The van der Waals surface area contributed by atoms with Crippen molar-refractivity contribution in [3.05, 3.63) is 66.1 Å². The highest BCUT2D eigenvalue weighted by molar-refractivity contribution is 5.94. The summed E-state index contributed by atoms with van der Waals surface area (Å²) < 4.78 is 10.4. The molecular weight excluding hydrogens is 356 g/mol. The van der Waals surface area contributed by atoms with Gasteiger partial charge in [-0.25, -0.2) is 14.8 Å². The number of benzene rings is 1. The third-order valence-electron chi connectivity index (χ3n) is 4.06. The lowest BCUT2D eigenvalue weighted by molar-refractivity contribution is 0.0526. The van der Waals surface area contributed by atoms with E-state index in [1.807, 2.05) is 36.4 Å². The molecule has 0 atom stereocenters. The molecule has 1 N–H and O–H groups in total. The van der Waals surface area contributed by atoms with Gasteiger partial charge in [-0.05, 0) is 43.2 Å². The number of ether oxygens (including phenoxy) is 2. The number of anilines is 1. The number of pyridine rings is 1. The molecule has 2 aromatic heterocycles. The van der Waals surface area contributed by atoms with Crippen LogP contribution in [0.4, 0.5) is 5.82 Å². The lowest BCUT2D eigenvalue weighted by atomic mass is 10.1. The highest BCUT2D eigenvalue weighted by atomic mass is 16.5. The Balaban J connectivity index is 1.80. The Morgan fingerprint density at radius 2 is 2.00 bits per heavy atom. The van der Waals surface area contributed by atoms with Crippen LogP contribution in [-0.4, -0.2) is 41.2 Å². The first-order valence-corrected chi connectivity index (χ1v) is 9.02. The van der Waals surface area contributed by atoms with Gasteiger partial charge in [0, 0.05) is 30.7 Å². The second-order valence-corrected chi connectivity index (χ2v) is 5.94. The van der Waals surface area contributed by atoms with Crippen LogP contribution >= 0.6 is 0 Å². The number of hydrogen-bond acceptors (Lipinski definition) is 7. The third kappa shape index (κ3) is 4.82. The van der Waals surface area contributed by atoms with Crippen molar-refractivity contribution in [2.24, 2.45) is 0 Å². The molecule has 0 aliphatic heterocycles. The normalized spacial score (nSPS) is 10.4. The van der Waals surface area contributed by atoms with Gasteiger partial charge in [0.2, 0.25) is 0 Å². The standard InChI is InChI=1S/C21H22N4O3/c1-3-28-21(26)18-14-24-19(16-8-10-22-11-9-16)25-20(18)23-12-7-15-5-4-6-17(13-15)27-2/h4-6,8-11,13-14H,3,7,12H2,1-2H3,(H,23,24,25). The number of hydrogen-bond donors (Lipinski definition) is 1. The maximum atomic E-state index is 12.3. The summed E-state index contributed by atoms with van der Waals surface area (Å²) in [7, 11) is 1.64. The molecular formula is C21H22N4O3. The van der Waals surface area contributed by atoms with Crippen molar-refractivity contribution >= 4 is 11.8 Å². The number of carbonyl (C=O) groups excluding carboxylic acids is 1. The predicted octanol–water partition coefficient (Wildman–Crippen LogP) is 3.38. The Kier molecular flexibility index (Phi) is 6.51. The molecule has 7 nitrogen and oxygen atoms in total. The number of esters is 1. The molecule has 0 fully saturated rings. The first-order chi connectivity index (χ1) is 13.7. The van der Waals surface area contributed by atoms with Gasteiger partial charge in [0.25, 0.3) is 0 Å². The maximum Gasteiger partial charge on any atom is 0.343 e. The summed E-state index contributed by atoms with van der Waals surface area (Å²) >= 11 is 0. The van der Waals surface area contributed by atoms with E-state index in [9.17, 15) is 4.79 Å². The van der Waals surface area contributed by atoms with E-state index in [1.165, 1.54) is 6.20 Å². The molecule has 3 aromatic rings. The summed E-state index contributed by atoms with van der Waals surface area (Å²) in [5, 5.41) is 3.24. The SMILES string of the molecule is CCOC(=O)c1cnc(-c2ccncc2)nc1NCCc1cccc(OC)c1. The molecule has 0 saturated heterocycles. The Bertz CT molecular complexity index is 932. The monoisotopic (exact) mass is 378 g/mol. The van der Waals surface area contributed by atoms with Crippen molar-refractivity contribution in [1.29, 1.82) is 0 Å². The van der Waals surface area contributed by atoms with Gasteiger partial charge in [0.1, 0.15) is 17.1 Å².